The summed E-state index contributed by atoms with van der Waals surface area (Å²) in [6, 6.07) is 9.22. The van der Waals surface area contributed by atoms with E-state index in [2.05, 4.69) is 4.72 Å². The normalized spacial score (nSPS) is 14.9. The van der Waals surface area contributed by atoms with Gasteiger partial charge >= 0.3 is 0 Å². The number of fused-ring (bicyclic) bond motifs is 1. The molecule has 1 aromatic heterocycles. The number of carbonyl (C=O) groups is 2. The lowest BCUT2D eigenvalue weighted by Crippen LogP contribution is -2.32. The summed E-state index contributed by atoms with van der Waals surface area (Å²) in [7, 11) is -3.98. The number of nitrogens with one attached hydrogen (secondary N) is 1. The highest BCUT2D eigenvalue weighted by atomic mass is 35.5. The zero-order valence-electron chi connectivity index (χ0n) is 11.8. The molecule has 1 aliphatic rings. The summed E-state index contributed by atoms with van der Waals surface area (Å²) in [6.07, 6.45) is 0. The fourth-order valence-electron chi connectivity index (χ4n) is 2.18. The molecule has 1 N–H and O–H groups in total. The molecule has 0 saturated heterocycles. The fraction of sp³-hybridized carbons (Fsp3) is 0.0667. The molecule has 118 valence electrons. The number of Topliss-reactive ketones (excluding diaryl/α,β-unsaturated/α-hetero) is 2. The first-order valence-corrected chi connectivity index (χ1v) is 9.16. The lowest BCUT2D eigenvalue weighted by molar-refractivity contribution is 0.0977. The van der Waals surface area contributed by atoms with E-state index in [0.717, 1.165) is 16.2 Å². The van der Waals surface area contributed by atoms with Crippen LogP contribution in [-0.4, -0.2) is 20.0 Å². The van der Waals surface area contributed by atoms with Gasteiger partial charge in [0.05, 0.1) is 0 Å². The van der Waals surface area contributed by atoms with Crippen LogP contribution in [0.4, 0.5) is 0 Å². The minimum atomic E-state index is -3.98. The molecule has 23 heavy (non-hydrogen) atoms. The number of ketones is 2. The Balaban J connectivity index is 2.05. The Kier molecular flexibility index (Phi) is 3.87. The molecule has 3 rings (SSSR count). The van der Waals surface area contributed by atoms with Crippen LogP contribution in [0.2, 0.25) is 0 Å². The van der Waals surface area contributed by atoms with Crippen LogP contribution in [0, 0.1) is 6.92 Å². The van der Waals surface area contributed by atoms with Gasteiger partial charge < -0.3 is 0 Å². The Bertz CT molecular complexity index is 973. The van der Waals surface area contributed by atoms with Crippen LogP contribution < -0.4 is 4.72 Å². The number of benzene rings is 1. The molecule has 1 heterocycles. The summed E-state index contributed by atoms with van der Waals surface area (Å²) in [4.78, 5) is 25.5. The molecular formula is C15H10ClNO4S2. The number of thiophene rings is 1. The summed E-state index contributed by atoms with van der Waals surface area (Å²) < 4.78 is 26.9. The lowest BCUT2D eigenvalue weighted by Gasteiger charge is -2.18. The minimum absolute atomic E-state index is 0.0473. The van der Waals surface area contributed by atoms with Gasteiger partial charge in [-0.15, -0.1) is 11.3 Å². The molecule has 0 saturated carbocycles. The van der Waals surface area contributed by atoms with Crippen molar-refractivity contribution in [2.24, 2.45) is 0 Å². The predicted molar refractivity (Wildman–Crippen MR) is 87.4 cm³/mol. The Morgan fingerprint density at radius 3 is 2.17 bits per heavy atom. The second-order valence-electron chi connectivity index (χ2n) is 4.86. The van der Waals surface area contributed by atoms with Crippen LogP contribution in [-0.2, 0) is 10.0 Å². The molecule has 0 amide bonds. The zero-order valence-corrected chi connectivity index (χ0v) is 14.2. The van der Waals surface area contributed by atoms with E-state index in [9.17, 15) is 18.0 Å². The van der Waals surface area contributed by atoms with Crippen LogP contribution in [0.15, 0.2) is 51.3 Å². The van der Waals surface area contributed by atoms with E-state index in [-0.39, 0.29) is 15.3 Å². The van der Waals surface area contributed by atoms with Crippen LogP contribution in [0.1, 0.15) is 25.6 Å². The Hall–Kier alpha value is -1.96. The zero-order chi connectivity index (χ0) is 16.8. The largest absolute Gasteiger partial charge is 0.287 e. The maximum atomic E-state index is 12.5. The van der Waals surface area contributed by atoms with Gasteiger partial charge in [0.25, 0.3) is 10.0 Å². The molecule has 1 aliphatic carbocycles. The van der Waals surface area contributed by atoms with Crippen molar-refractivity contribution >= 4 is 44.5 Å². The van der Waals surface area contributed by atoms with Gasteiger partial charge in [0.1, 0.15) is 14.9 Å². The number of carbonyl (C=O) groups excluding carboxylic acids is 2. The molecule has 0 atom stereocenters. The second-order valence-corrected chi connectivity index (χ2v) is 8.44. The highest BCUT2D eigenvalue weighted by molar-refractivity contribution is 7.91. The molecule has 0 spiro atoms. The first-order valence-electron chi connectivity index (χ1n) is 6.49. The third kappa shape index (κ3) is 2.71. The van der Waals surface area contributed by atoms with Crippen LogP contribution in [0.25, 0.3) is 0 Å². The lowest BCUT2D eigenvalue weighted by atomic mass is 9.93. The molecule has 1 aromatic carbocycles. The molecule has 2 aromatic rings. The van der Waals surface area contributed by atoms with Crippen LogP contribution in [0.5, 0.6) is 0 Å². The standard InChI is InChI=1S/C15H10ClNO4S2/c1-8-6-7-11(22-8)23(20,21)17-13-12(16)14(18)9-4-2-3-5-10(9)15(13)19/h2-7,17H,1H3. The number of sulfonamides is 1. The summed E-state index contributed by atoms with van der Waals surface area (Å²) in [6.45, 7) is 1.77. The molecule has 0 aliphatic heterocycles. The number of aryl methyl sites for hydroxylation is 1. The van der Waals surface area contributed by atoms with E-state index < -0.39 is 32.3 Å². The topological polar surface area (TPSA) is 80.3 Å². The summed E-state index contributed by atoms with van der Waals surface area (Å²) in [5.41, 5.74) is -0.124. The second kappa shape index (κ2) is 5.59. The molecular weight excluding hydrogens is 358 g/mol. The quantitative estimate of drug-likeness (QED) is 0.904. The van der Waals surface area contributed by atoms with Crippen molar-refractivity contribution in [1.82, 2.24) is 4.72 Å². The number of hydrogen-bond acceptors (Lipinski definition) is 5. The van der Waals surface area contributed by atoms with Crippen molar-refractivity contribution in [3.8, 4) is 0 Å². The van der Waals surface area contributed by atoms with Crippen molar-refractivity contribution in [3.63, 3.8) is 0 Å². The van der Waals surface area contributed by atoms with Gasteiger partial charge in [-0.25, -0.2) is 8.42 Å². The number of hydrogen-bond donors (Lipinski definition) is 1. The highest BCUT2D eigenvalue weighted by Gasteiger charge is 2.34. The van der Waals surface area contributed by atoms with E-state index >= 15 is 0 Å². The third-order valence-corrected chi connectivity index (χ3v) is 6.48. The van der Waals surface area contributed by atoms with Gasteiger partial charge in [0.15, 0.2) is 0 Å². The first kappa shape index (κ1) is 15.9. The summed E-state index contributed by atoms with van der Waals surface area (Å²) in [5, 5.41) is -0.425. The van der Waals surface area contributed by atoms with E-state index in [1.54, 1.807) is 25.1 Å². The number of halogens is 1. The molecule has 8 heteroatoms. The van der Waals surface area contributed by atoms with Crippen molar-refractivity contribution in [2.45, 2.75) is 11.1 Å². The van der Waals surface area contributed by atoms with Gasteiger partial charge in [-0.05, 0) is 19.1 Å². The highest BCUT2D eigenvalue weighted by Crippen LogP contribution is 2.29. The minimum Gasteiger partial charge on any atom is -0.287 e. The van der Waals surface area contributed by atoms with E-state index in [4.69, 9.17) is 11.6 Å². The van der Waals surface area contributed by atoms with Gasteiger partial charge in [-0.1, -0.05) is 35.9 Å². The van der Waals surface area contributed by atoms with Gasteiger partial charge in [0.2, 0.25) is 11.6 Å². The SMILES string of the molecule is Cc1ccc(S(=O)(=O)NC2=C(Cl)C(=O)c3ccccc3C2=O)s1. The number of allylic oxidation sites excluding steroid dienone is 2. The van der Waals surface area contributed by atoms with Gasteiger partial charge in [-0.2, -0.15) is 0 Å². The molecule has 5 nitrogen and oxygen atoms in total. The average molecular weight is 368 g/mol. The van der Waals surface area contributed by atoms with Gasteiger partial charge in [0, 0.05) is 16.0 Å². The van der Waals surface area contributed by atoms with E-state index in [1.165, 1.54) is 18.2 Å². The molecule has 0 unspecified atom stereocenters. The summed E-state index contributed by atoms with van der Waals surface area (Å²) >= 11 is 7.00. The van der Waals surface area contributed by atoms with Gasteiger partial charge in [-0.3, -0.25) is 14.3 Å². The van der Waals surface area contributed by atoms with Crippen LogP contribution >= 0.6 is 22.9 Å². The maximum Gasteiger partial charge on any atom is 0.271 e. The van der Waals surface area contributed by atoms with Crippen molar-refractivity contribution in [1.29, 1.82) is 0 Å². The Morgan fingerprint density at radius 2 is 1.61 bits per heavy atom. The third-order valence-electron chi connectivity index (χ3n) is 3.28. The first-order chi connectivity index (χ1) is 10.8. The average Bonchev–Trinajstić information content (AvgIpc) is 2.97. The predicted octanol–water partition coefficient (Wildman–Crippen LogP) is 2.86. The number of rotatable bonds is 3. The summed E-state index contributed by atoms with van der Waals surface area (Å²) in [5.74, 6) is -1.20. The van der Waals surface area contributed by atoms with E-state index in [1.807, 2.05) is 0 Å². The Labute approximate surface area is 141 Å². The fourth-order valence-corrected chi connectivity index (χ4v) is 4.83. The van der Waals surface area contributed by atoms with Crippen molar-refractivity contribution in [2.75, 3.05) is 0 Å². The van der Waals surface area contributed by atoms with Crippen molar-refractivity contribution in [3.05, 3.63) is 63.1 Å². The maximum absolute atomic E-state index is 12.5. The smallest absolute Gasteiger partial charge is 0.271 e. The monoisotopic (exact) mass is 367 g/mol. The van der Waals surface area contributed by atoms with Crippen molar-refractivity contribution < 1.29 is 18.0 Å². The molecule has 0 fully saturated rings. The van der Waals surface area contributed by atoms with Crippen LogP contribution in [0.3, 0.4) is 0 Å². The molecule has 0 radical (unpaired) electrons. The van der Waals surface area contributed by atoms with E-state index in [0.29, 0.717) is 0 Å². The molecule has 0 bridgehead atoms. The Morgan fingerprint density at radius 1 is 1.00 bits per heavy atom.